The maximum absolute atomic E-state index is 11.9. The maximum atomic E-state index is 11.9. The molecule has 2 aliphatic rings. The van der Waals surface area contributed by atoms with Crippen molar-refractivity contribution in [1.82, 2.24) is 4.90 Å². The molecular formula is C18H22ClNO7. The fraction of sp³-hybridized carbons (Fsp3) is 0.556. The zero-order valence-electron chi connectivity index (χ0n) is 14.9. The van der Waals surface area contributed by atoms with Crippen molar-refractivity contribution in [3.8, 4) is 11.5 Å². The second-order valence-corrected chi connectivity index (χ2v) is 7.35. The van der Waals surface area contributed by atoms with Gasteiger partial charge in [-0.3, -0.25) is 9.69 Å². The van der Waals surface area contributed by atoms with Crippen LogP contribution in [0.4, 0.5) is 0 Å². The molecule has 2 heterocycles. The van der Waals surface area contributed by atoms with Gasteiger partial charge in [0.2, 0.25) is 0 Å². The zero-order valence-corrected chi connectivity index (χ0v) is 15.7. The molecule has 2 fully saturated rings. The summed E-state index contributed by atoms with van der Waals surface area (Å²) >= 11 is 6.25. The molecule has 0 amide bonds. The van der Waals surface area contributed by atoms with E-state index in [-0.39, 0.29) is 16.7 Å². The van der Waals surface area contributed by atoms with E-state index in [4.69, 9.17) is 30.9 Å². The Morgan fingerprint density at radius 1 is 1.41 bits per heavy atom. The smallest absolute Gasteiger partial charge is 0.341 e. The summed E-state index contributed by atoms with van der Waals surface area (Å²) in [6.07, 6.45) is 0.509. The van der Waals surface area contributed by atoms with E-state index < -0.39 is 24.0 Å². The average Bonchev–Trinajstić information content (AvgIpc) is 2.99. The van der Waals surface area contributed by atoms with Crippen molar-refractivity contribution in [2.75, 3.05) is 40.0 Å². The maximum Gasteiger partial charge on any atom is 0.341 e. The van der Waals surface area contributed by atoms with E-state index in [9.17, 15) is 14.7 Å². The number of hydrogen-bond acceptors (Lipinski definition) is 6. The van der Waals surface area contributed by atoms with E-state index in [1.54, 1.807) is 12.1 Å². The average molecular weight is 400 g/mol. The molecule has 2 N–H and O–H groups in total. The van der Waals surface area contributed by atoms with Gasteiger partial charge in [-0.05, 0) is 24.1 Å². The Hall–Kier alpha value is -2.03. The van der Waals surface area contributed by atoms with Crippen LogP contribution in [0.25, 0.3) is 0 Å². The largest absolute Gasteiger partial charge is 0.493 e. The minimum atomic E-state index is -1.11. The fourth-order valence-corrected chi connectivity index (χ4v) is 4.21. The highest BCUT2D eigenvalue weighted by molar-refractivity contribution is 6.32. The monoisotopic (exact) mass is 399 g/mol. The Labute approximate surface area is 161 Å². The lowest BCUT2D eigenvalue weighted by atomic mass is 9.74. The van der Waals surface area contributed by atoms with Crippen molar-refractivity contribution in [3.05, 3.63) is 22.7 Å². The molecule has 1 aromatic rings. The number of likely N-dealkylation sites (tertiary alicyclic amines) is 1. The number of fused-ring (bicyclic) bond motifs is 1. The summed E-state index contributed by atoms with van der Waals surface area (Å²) in [5.74, 6) is -1.41. The van der Waals surface area contributed by atoms with E-state index in [0.29, 0.717) is 45.0 Å². The van der Waals surface area contributed by atoms with Crippen LogP contribution in [0, 0.1) is 11.3 Å². The van der Waals surface area contributed by atoms with Gasteiger partial charge in [0.1, 0.15) is 0 Å². The van der Waals surface area contributed by atoms with Crippen LogP contribution in [0.3, 0.4) is 0 Å². The Balaban J connectivity index is 1.77. The molecule has 0 bridgehead atoms. The highest BCUT2D eigenvalue weighted by Crippen LogP contribution is 2.43. The third-order valence-electron chi connectivity index (χ3n) is 5.24. The number of halogens is 1. The number of carboxylic acid groups (broad SMARTS) is 2. The zero-order chi connectivity index (χ0) is 19.6. The molecular weight excluding hydrogens is 378 g/mol. The van der Waals surface area contributed by atoms with Gasteiger partial charge in [-0.1, -0.05) is 11.6 Å². The highest BCUT2D eigenvalue weighted by Gasteiger charge is 2.53. The van der Waals surface area contributed by atoms with Crippen LogP contribution < -0.4 is 9.47 Å². The first kappa shape index (κ1) is 19.7. The second-order valence-electron chi connectivity index (χ2n) is 6.94. The van der Waals surface area contributed by atoms with Crippen LogP contribution in [0.1, 0.15) is 12.0 Å². The predicted molar refractivity (Wildman–Crippen MR) is 95.4 cm³/mol. The Morgan fingerprint density at radius 2 is 2.19 bits per heavy atom. The van der Waals surface area contributed by atoms with Gasteiger partial charge in [-0.2, -0.15) is 0 Å². The molecule has 0 aromatic heterocycles. The number of carbonyl (C=O) groups is 2. The number of aliphatic carboxylic acids is 2. The molecule has 8 nitrogen and oxygen atoms in total. The van der Waals surface area contributed by atoms with Gasteiger partial charge in [-0.25, -0.2) is 4.79 Å². The fourth-order valence-electron chi connectivity index (χ4n) is 3.92. The van der Waals surface area contributed by atoms with Gasteiger partial charge in [0, 0.05) is 32.2 Å². The van der Waals surface area contributed by atoms with Gasteiger partial charge < -0.3 is 24.4 Å². The number of carboxylic acids is 2. The highest BCUT2D eigenvalue weighted by atomic mass is 35.5. The van der Waals surface area contributed by atoms with Gasteiger partial charge in [0.05, 0.1) is 24.2 Å². The van der Waals surface area contributed by atoms with Crippen LogP contribution in [-0.4, -0.2) is 67.1 Å². The van der Waals surface area contributed by atoms with Gasteiger partial charge in [0.25, 0.3) is 0 Å². The number of ether oxygens (including phenoxy) is 3. The van der Waals surface area contributed by atoms with E-state index in [0.717, 1.165) is 5.56 Å². The Morgan fingerprint density at radius 3 is 2.81 bits per heavy atom. The van der Waals surface area contributed by atoms with Gasteiger partial charge >= 0.3 is 11.9 Å². The van der Waals surface area contributed by atoms with Crippen LogP contribution >= 0.6 is 11.6 Å². The summed E-state index contributed by atoms with van der Waals surface area (Å²) in [7, 11) is 1.45. The third kappa shape index (κ3) is 3.97. The standard InChI is InChI=1S/C18H22ClNO7/c1-25-14-5-11(4-13(19)16(14)27-9-15(21)22)6-20-7-12-8-26-3-2-18(12,10-20)17(23)24/h4-5,12H,2-3,6-10H2,1H3,(H,21,22)(H,23,24)/t12-,18+/m1/s1. The normalized spacial score (nSPS) is 25.0. The number of methoxy groups -OCH3 is 1. The van der Waals surface area contributed by atoms with E-state index in [2.05, 4.69) is 4.90 Å². The lowest BCUT2D eigenvalue weighted by Gasteiger charge is -2.34. The molecule has 148 valence electrons. The molecule has 0 aliphatic carbocycles. The molecule has 0 radical (unpaired) electrons. The molecule has 0 unspecified atom stereocenters. The SMILES string of the molecule is COc1cc(CN2C[C@@H]3COCC[C@]3(C(=O)O)C2)cc(Cl)c1OCC(=O)O. The van der Waals surface area contributed by atoms with Gasteiger partial charge in [0.15, 0.2) is 18.1 Å². The van der Waals surface area contributed by atoms with Crippen molar-refractivity contribution in [1.29, 1.82) is 0 Å². The summed E-state index contributed by atoms with van der Waals surface area (Å²) in [6.45, 7) is 1.98. The Bertz CT molecular complexity index is 741. The Kier molecular flexibility index (Phi) is 5.78. The number of nitrogens with zero attached hydrogens (tertiary/aromatic N) is 1. The van der Waals surface area contributed by atoms with E-state index in [1.807, 2.05) is 0 Å². The van der Waals surface area contributed by atoms with Crippen molar-refractivity contribution in [2.24, 2.45) is 11.3 Å². The van der Waals surface area contributed by atoms with Crippen molar-refractivity contribution < 1.29 is 34.0 Å². The first-order chi connectivity index (χ1) is 12.9. The van der Waals surface area contributed by atoms with Crippen molar-refractivity contribution >= 4 is 23.5 Å². The van der Waals surface area contributed by atoms with Crippen LogP contribution in [0.2, 0.25) is 5.02 Å². The summed E-state index contributed by atoms with van der Waals surface area (Å²) in [4.78, 5) is 24.7. The molecule has 0 spiro atoms. The summed E-state index contributed by atoms with van der Waals surface area (Å²) in [6, 6.07) is 3.42. The second kappa shape index (κ2) is 7.92. The quantitative estimate of drug-likeness (QED) is 0.714. The van der Waals surface area contributed by atoms with E-state index in [1.165, 1.54) is 7.11 Å². The van der Waals surface area contributed by atoms with Crippen molar-refractivity contribution in [2.45, 2.75) is 13.0 Å². The van der Waals surface area contributed by atoms with Crippen LogP contribution in [-0.2, 0) is 20.9 Å². The lowest BCUT2D eigenvalue weighted by Crippen LogP contribution is -2.44. The predicted octanol–water partition coefficient (Wildman–Crippen LogP) is 1.74. The first-order valence-electron chi connectivity index (χ1n) is 8.60. The topological polar surface area (TPSA) is 106 Å². The first-order valence-corrected chi connectivity index (χ1v) is 8.98. The summed E-state index contributed by atoms with van der Waals surface area (Å²) < 4.78 is 16.0. The molecule has 2 aliphatic heterocycles. The summed E-state index contributed by atoms with van der Waals surface area (Å²) in [5, 5.41) is 18.8. The van der Waals surface area contributed by atoms with Crippen LogP contribution in [0.15, 0.2) is 12.1 Å². The van der Waals surface area contributed by atoms with Crippen LogP contribution in [0.5, 0.6) is 11.5 Å². The molecule has 0 saturated carbocycles. The molecule has 2 saturated heterocycles. The molecule has 3 rings (SSSR count). The molecule has 2 atom stereocenters. The van der Waals surface area contributed by atoms with Gasteiger partial charge in [-0.15, -0.1) is 0 Å². The lowest BCUT2D eigenvalue weighted by molar-refractivity contribution is -0.157. The number of hydrogen-bond donors (Lipinski definition) is 2. The van der Waals surface area contributed by atoms with E-state index >= 15 is 0 Å². The third-order valence-corrected chi connectivity index (χ3v) is 5.52. The molecule has 27 heavy (non-hydrogen) atoms. The molecule has 1 aromatic carbocycles. The minimum Gasteiger partial charge on any atom is -0.493 e. The van der Waals surface area contributed by atoms with Crippen molar-refractivity contribution in [3.63, 3.8) is 0 Å². The number of benzene rings is 1. The molecule has 9 heteroatoms. The minimum absolute atomic E-state index is 0.0423. The number of rotatable bonds is 7. The summed E-state index contributed by atoms with van der Waals surface area (Å²) in [5.41, 5.74) is 0.0658.